The number of carbonyl (C=O) groups excluding carboxylic acids is 2. The zero-order valence-electron chi connectivity index (χ0n) is 17.6. The van der Waals surface area contributed by atoms with Gasteiger partial charge in [-0.05, 0) is 70.0 Å². The molecule has 1 saturated heterocycles. The van der Waals surface area contributed by atoms with E-state index in [1.165, 1.54) is 12.7 Å². The first-order chi connectivity index (χ1) is 14.4. The summed E-state index contributed by atoms with van der Waals surface area (Å²) in [4.78, 5) is 26.8. The highest BCUT2D eigenvalue weighted by Crippen LogP contribution is 2.27. The standard InChI is InChI=1S/C22H28ClN3O4/c1-14-10-17(15(2)30-14)13-26-8-6-16(7-9-26)12-24-21(27)22(28)25-19-11-18(23)4-5-20(19)29-3/h4-5,10-11,16H,6-9,12-13H2,1-3H3,(H,24,27)(H,25,28). The van der Waals surface area contributed by atoms with Crippen molar-refractivity contribution < 1.29 is 18.7 Å². The molecule has 0 atom stereocenters. The number of rotatable bonds is 6. The van der Waals surface area contributed by atoms with Crippen molar-refractivity contribution in [3.63, 3.8) is 0 Å². The summed E-state index contributed by atoms with van der Waals surface area (Å²) in [7, 11) is 1.49. The molecular formula is C22H28ClN3O4. The third-order valence-electron chi connectivity index (χ3n) is 5.41. The van der Waals surface area contributed by atoms with Gasteiger partial charge in [-0.25, -0.2) is 0 Å². The van der Waals surface area contributed by atoms with Crippen LogP contribution >= 0.6 is 11.6 Å². The van der Waals surface area contributed by atoms with E-state index in [9.17, 15) is 9.59 Å². The second-order valence-electron chi connectivity index (χ2n) is 7.67. The van der Waals surface area contributed by atoms with Crippen LogP contribution in [0.4, 0.5) is 5.69 Å². The molecule has 2 amide bonds. The molecule has 2 heterocycles. The number of aryl methyl sites for hydroxylation is 2. The number of hydrogen-bond donors (Lipinski definition) is 2. The van der Waals surface area contributed by atoms with Crippen LogP contribution in [0.2, 0.25) is 5.02 Å². The molecule has 1 aromatic carbocycles. The maximum atomic E-state index is 12.2. The zero-order chi connectivity index (χ0) is 21.7. The van der Waals surface area contributed by atoms with E-state index in [1.807, 2.05) is 13.8 Å². The van der Waals surface area contributed by atoms with Crippen molar-refractivity contribution in [1.29, 1.82) is 0 Å². The van der Waals surface area contributed by atoms with Gasteiger partial charge in [-0.3, -0.25) is 14.5 Å². The summed E-state index contributed by atoms with van der Waals surface area (Å²) in [5, 5.41) is 5.74. The van der Waals surface area contributed by atoms with E-state index in [-0.39, 0.29) is 0 Å². The molecule has 1 aliphatic rings. The lowest BCUT2D eigenvalue weighted by Gasteiger charge is -2.31. The molecule has 3 rings (SSSR count). The predicted molar refractivity (Wildman–Crippen MR) is 116 cm³/mol. The monoisotopic (exact) mass is 433 g/mol. The third kappa shape index (κ3) is 5.77. The molecule has 30 heavy (non-hydrogen) atoms. The number of amides is 2. The van der Waals surface area contributed by atoms with Crippen molar-refractivity contribution in [1.82, 2.24) is 10.2 Å². The Morgan fingerprint density at radius 3 is 2.57 bits per heavy atom. The fraction of sp³-hybridized carbons (Fsp3) is 0.455. The number of methoxy groups -OCH3 is 1. The summed E-state index contributed by atoms with van der Waals surface area (Å²) >= 11 is 5.96. The van der Waals surface area contributed by atoms with Crippen molar-refractivity contribution in [2.24, 2.45) is 5.92 Å². The molecule has 8 heteroatoms. The Hall–Kier alpha value is -2.51. The third-order valence-corrected chi connectivity index (χ3v) is 5.65. The largest absolute Gasteiger partial charge is 0.495 e. The molecular weight excluding hydrogens is 406 g/mol. The second kappa shape index (κ2) is 10.00. The molecule has 0 radical (unpaired) electrons. The lowest BCUT2D eigenvalue weighted by molar-refractivity contribution is -0.136. The normalized spacial score (nSPS) is 15.1. The Labute approximate surface area is 181 Å². The number of halogens is 1. The van der Waals surface area contributed by atoms with E-state index in [2.05, 4.69) is 21.6 Å². The fourth-order valence-corrected chi connectivity index (χ4v) is 3.88. The Morgan fingerprint density at radius 1 is 1.20 bits per heavy atom. The SMILES string of the molecule is COc1ccc(Cl)cc1NC(=O)C(=O)NCC1CCN(Cc2cc(C)oc2C)CC1. The highest BCUT2D eigenvalue weighted by molar-refractivity contribution is 6.40. The van der Waals surface area contributed by atoms with Crippen LogP contribution in [0.25, 0.3) is 0 Å². The van der Waals surface area contributed by atoms with Crippen molar-refractivity contribution in [2.75, 3.05) is 32.1 Å². The molecule has 0 spiro atoms. The Kier molecular flexibility index (Phi) is 7.39. The van der Waals surface area contributed by atoms with Gasteiger partial charge in [0, 0.05) is 23.7 Å². The Balaban J connectivity index is 1.43. The molecule has 0 aliphatic carbocycles. The van der Waals surface area contributed by atoms with Gasteiger partial charge in [-0.1, -0.05) is 11.6 Å². The summed E-state index contributed by atoms with van der Waals surface area (Å²) in [5.41, 5.74) is 1.59. The highest BCUT2D eigenvalue weighted by Gasteiger charge is 2.22. The van der Waals surface area contributed by atoms with E-state index in [0.29, 0.717) is 28.9 Å². The van der Waals surface area contributed by atoms with Crippen LogP contribution < -0.4 is 15.4 Å². The lowest BCUT2D eigenvalue weighted by Crippen LogP contribution is -2.41. The summed E-state index contributed by atoms with van der Waals surface area (Å²) in [6, 6.07) is 6.92. The number of nitrogens with zero attached hydrogens (tertiary/aromatic N) is 1. The topological polar surface area (TPSA) is 83.8 Å². The number of likely N-dealkylation sites (tertiary alicyclic amines) is 1. The van der Waals surface area contributed by atoms with E-state index >= 15 is 0 Å². The van der Waals surface area contributed by atoms with Crippen LogP contribution in [0, 0.1) is 19.8 Å². The highest BCUT2D eigenvalue weighted by atomic mass is 35.5. The van der Waals surface area contributed by atoms with Gasteiger partial charge in [0.1, 0.15) is 17.3 Å². The second-order valence-corrected chi connectivity index (χ2v) is 8.10. The summed E-state index contributed by atoms with van der Waals surface area (Å²) in [5.74, 6) is 1.31. The van der Waals surface area contributed by atoms with Crippen LogP contribution in [0.5, 0.6) is 5.75 Å². The molecule has 0 bridgehead atoms. The van der Waals surface area contributed by atoms with Gasteiger partial charge in [0.15, 0.2) is 0 Å². The zero-order valence-corrected chi connectivity index (χ0v) is 18.3. The maximum absolute atomic E-state index is 12.2. The van der Waals surface area contributed by atoms with Crippen LogP contribution in [0.1, 0.15) is 29.9 Å². The number of anilines is 1. The summed E-state index contributed by atoms with van der Waals surface area (Å²) in [6.45, 7) is 7.23. The molecule has 2 N–H and O–H groups in total. The number of furan rings is 1. The van der Waals surface area contributed by atoms with Gasteiger partial charge in [0.25, 0.3) is 0 Å². The first-order valence-corrected chi connectivity index (χ1v) is 10.4. The maximum Gasteiger partial charge on any atom is 0.313 e. The van der Waals surface area contributed by atoms with Crippen LogP contribution in [0.3, 0.4) is 0 Å². The van der Waals surface area contributed by atoms with Gasteiger partial charge in [0.2, 0.25) is 0 Å². The molecule has 0 saturated carbocycles. The molecule has 2 aromatic rings. The van der Waals surface area contributed by atoms with E-state index in [4.69, 9.17) is 20.8 Å². The lowest BCUT2D eigenvalue weighted by atomic mass is 9.96. The average molecular weight is 434 g/mol. The van der Waals surface area contributed by atoms with Crippen LogP contribution in [-0.2, 0) is 16.1 Å². The van der Waals surface area contributed by atoms with Crippen LogP contribution in [-0.4, -0.2) is 43.5 Å². The van der Waals surface area contributed by atoms with Gasteiger partial charge in [-0.15, -0.1) is 0 Å². The van der Waals surface area contributed by atoms with Gasteiger partial charge >= 0.3 is 11.8 Å². The minimum atomic E-state index is -0.737. The molecule has 0 unspecified atom stereocenters. The number of piperidine rings is 1. The minimum Gasteiger partial charge on any atom is -0.495 e. The van der Waals surface area contributed by atoms with E-state index in [0.717, 1.165) is 44.0 Å². The number of nitrogens with one attached hydrogen (secondary N) is 2. The number of hydrogen-bond acceptors (Lipinski definition) is 5. The van der Waals surface area contributed by atoms with E-state index in [1.54, 1.807) is 18.2 Å². The predicted octanol–water partition coefficient (Wildman–Crippen LogP) is 3.53. The van der Waals surface area contributed by atoms with Crippen molar-refractivity contribution in [2.45, 2.75) is 33.2 Å². The average Bonchev–Trinajstić information content (AvgIpc) is 3.04. The first kappa shape index (κ1) is 22.2. The van der Waals surface area contributed by atoms with Gasteiger partial charge < -0.3 is 19.8 Å². The first-order valence-electron chi connectivity index (χ1n) is 10.1. The molecule has 1 fully saturated rings. The summed E-state index contributed by atoms with van der Waals surface area (Å²) < 4.78 is 10.8. The molecule has 1 aromatic heterocycles. The fourth-order valence-electron chi connectivity index (χ4n) is 3.70. The molecule has 162 valence electrons. The summed E-state index contributed by atoms with van der Waals surface area (Å²) in [6.07, 6.45) is 1.94. The minimum absolute atomic E-state index is 0.353. The van der Waals surface area contributed by atoms with Gasteiger partial charge in [-0.2, -0.15) is 0 Å². The number of benzene rings is 1. The Bertz CT molecular complexity index is 904. The quantitative estimate of drug-likeness (QED) is 0.681. The van der Waals surface area contributed by atoms with Crippen molar-refractivity contribution >= 4 is 29.1 Å². The van der Waals surface area contributed by atoms with Crippen molar-refractivity contribution in [3.05, 3.63) is 46.4 Å². The Morgan fingerprint density at radius 2 is 1.93 bits per heavy atom. The number of carbonyl (C=O) groups is 2. The molecule has 1 aliphatic heterocycles. The smallest absolute Gasteiger partial charge is 0.313 e. The van der Waals surface area contributed by atoms with Gasteiger partial charge in [0.05, 0.1) is 12.8 Å². The van der Waals surface area contributed by atoms with Crippen LogP contribution in [0.15, 0.2) is 28.7 Å². The van der Waals surface area contributed by atoms with Crippen molar-refractivity contribution in [3.8, 4) is 5.75 Å². The molecule has 7 nitrogen and oxygen atoms in total. The van der Waals surface area contributed by atoms with E-state index < -0.39 is 11.8 Å². The number of ether oxygens (including phenoxy) is 1.